The fraction of sp³-hybridized carbons (Fsp3) is 0.706. The fourth-order valence-electron chi connectivity index (χ4n) is 2.81. The Balaban J connectivity index is 2.18. The average molecular weight is 337 g/mol. The Kier molecular flexibility index (Phi) is 5.85. The summed E-state index contributed by atoms with van der Waals surface area (Å²) >= 11 is 0. The molecule has 2 heterocycles. The van der Waals surface area contributed by atoms with Gasteiger partial charge in [-0.1, -0.05) is 12.1 Å². The summed E-state index contributed by atoms with van der Waals surface area (Å²) in [5.41, 5.74) is -0.587. The molecule has 0 aromatic carbocycles. The van der Waals surface area contributed by atoms with Gasteiger partial charge in [0.25, 0.3) is 5.91 Å². The maximum atomic E-state index is 13.1. The molecule has 0 saturated carbocycles. The Hall–Kier alpha value is -2.05. The van der Waals surface area contributed by atoms with Crippen molar-refractivity contribution in [1.82, 2.24) is 10.1 Å². The summed E-state index contributed by atoms with van der Waals surface area (Å²) in [6.07, 6.45) is 4.27. The van der Waals surface area contributed by atoms with Gasteiger partial charge in [0.05, 0.1) is 6.20 Å². The number of hydrogen-bond acceptors (Lipinski definition) is 5. The second kappa shape index (κ2) is 7.68. The van der Waals surface area contributed by atoms with Gasteiger partial charge in [-0.15, -0.1) is 0 Å². The lowest BCUT2D eigenvalue weighted by molar-refractivity contribution is -0.125. The molecule has 0 radical (unpaired) electrons. The molecule has 2 amide bonds. The van der Waals surface area contributed by atoms with Crippen molar-refractivity contribution in [3.63, 3.8) is 0 Å². The number of anilines is 1. The lowest BCUT2D eigenvalue weighted by atomic mass is 10.0. The second-order valence-electron chi connectivity index (χ2n) is 7.03. The molecule has 1 aromatic rings. The first kappa shape index (κ1) is 18.3. The molecule has 1 aliphatic rings. The quantitative estimate of drug-likeness (QED) is 0.843. The normalized spacial score (nSPS) is 18.3. The summed E-state index contributed by atoms with van der Waals surface area (Å²) in [5.74, 6) is 0.274. The SMILES string of the molecule is CCCN(C(=O)C1CCCCN1C(=O)OC(C)(C)C)c1ccno1. The van der Waals surface area contributed by atoms with Crippen LogP contribution in [-0.2, 0) is 9.53 Å². The molecule has 24 heavy (non-hydrogen) atoms. The predicted octanol–water partition coefficient (Wildman–Crippen LogP) is 3.21. The third-order valence-corrected chi connectivity index (χ3v) is 3.82. The van der Waals surface area contributed by atoms with Crippen LogP contribution < -0.4 is 4.90 Å². The number of carbonyl (C=O) groups is 2. The number of piperidine rings is 1. The molecule has 0 aliphatic carbocycles. The minimum Gasteiger partial charge on any atom is -0.444 e. The smallest absolute Gasteiger partial charge is 0.410 e. The van der Waals surface area contributed by atoms with Crippen LogP contribution in [0.4, 0.5) is 10.7 Å². The number of amides is 2. The highest BCUT2D eigenvalue weighted by Crippen LogP contribution is 2.24. The van der Waals surface area contributed by atoms with Gasteiger partial charge < -0.3 is 9.26 Å². The number of aromatic nitrogens is 1. The Bertz CT molecular complexity index is 551. The van der Waals surface area contributed by atoms with E-state index in [9.17, 15) is 9.59 Å². The molecule has 1 aliphatic heterocycles. The Morgan fingerprint density at radius 3 is 2.75 bits per heavy atom. The van der Waals surface area contributed by atoms with Crippen molar-refractivity contribution in [1.29, 1.82) is 0 Å². The van der Waals surface area contributed by atoms with Crippen molar-refractivity contribution in [3.8, 4) is 0 Å². The molecule has 0 bridgehead atoms. The van der Waals surface area contributed by atoms with Crippen LogP contribution in [0, 0.1) is 0 Å². The molecule has 0 N–H and O–H groups in total. The summed E-state index contributed by atoms with van der Waals surface area (Å²) in [6.45, 7) is 8.51. The molecule has 1 aromatic heterocycles. The fourth-order valence-corrected chi connectivity index (χ4v) is 2.81. The van der Waals surface area contributed by atoms with E-state index in [1.807, 2.05) is 27.7 Å². The third kappa shape index (κ3) is 4.49. The van der Waals surface area contributed by atoms with Gasteiger partial charge >= 0.3 is 6.09 Å². The van der Waals surface area contributed by atoms with E-state index in [2.05, 4.69) is 5.16 Å². The third-order valence-electron chi connectivity index (χ3n) is 3.82. The number of hydrogen-bond donors (Lipinski definition) is 0. The summed E-state index contributed by atoms with van der Waals surface area (Å²) in [4.78, 5) is 28.7. The first-order valence-corrected chi connectivity index (χ1v) is 8.55. The number of ether oxygens (including phenoxy) is 1. The minimum atomic E-state index is -0.587. The first-order chi connectivity index (χ1) is 11.3. The van der Waals surface area contributed by atoms with Crippen molar-refractivity contribution in [3.05, 3.63) is 12.3 Å². The maximum Gasteiger partial charge on any atom is 0.410 e. The van der Waals surface area contributed by atoms with Gasteiger partial charge in [0.15, 0.2) is 0 Å². The van der Waals surface area contributed by atoms with Gasteiger partial charge in [-0.25, -0.2) is 4.79 Å². The molecular formula is C17H27N3O4. The number of rotatable bonds is 4. The summed E-state index contributed by atoms with van der Waals surface area (Å²) in [6, 6.07) is 1.14. The monoisotopic (exact) mass is 337 g/mol. The van der Waals surface area contributed by atoms with E-state index in [4.69, 9.17) is 9.26 Å². The van der Waals surface area contributed by atoms with Crippen molar-refractivity contribution in [2.45, 2.75) is 65.0 Å². The zero-order chi connectivity index (χ0) is 17.7. The van der Waals surface area contributed by atoms with Crippen LogP contribution >= 0.6 is 0 Å². The van der Waals surface area contributed by atoms with E-state index in [0.29, 0.717) is 25.4 Å². The summed E-state index contributed by atoms with van der Waals surface area (Å²) in [5, 5.41) is 3.68. The van der Waals surface area contributed by atoms with E-state index in [0.717, 1.165) is 19.3 Å². The summed E-state index contributed by atoms with van der Waals surface area (Å²) < 4.78 is 10.6. The van der Waals surface area contributed by atoms with Gasteiger partial charge in [0, 0.05) is 19.2 Å². The average Bonchev–Trinajstić information content (AvgIpc) is 3.04. The van der Waals surface area contributed by atoms with Gasteiger partial charge in [0.2, 0.25) is 5.88 Å². The second-order valence-corrected chi connectivity index (χ2v) is 7.03. The topological polar surface area (TPSA) is 75.9 Å². The van der Waals surface area contributed by atoms with Crippen LogP contribution in [0.2, 0.25) is 0 Å². The largest absolute Gasteiger partial charge is 0.444 e. The van der Waals surface area contributed by atoms with Crippen molar-refractivity contribution in [2.75, 3.05) is 18.0 Å². The van der Waals surface area contributed by atoms with E-state index in [1.54, 1.807) is 15.9 Å². The van der Waals surface area contributed by atoms with E-state index in [-0.39, 0.29) is 5.91 Å². The van der Waals surface area contributed by atoms with Crippen LogP contribution in [0.3, 0.4) is 0 Å². The highest BCUT2D eigenvalue weighted by atomic mass is 16.6. The van der Waals surface area contributed by atoms with Crippen LogP contribution in [0.1, 0.15) is 53.4 Å². The molecule has 1 atom stereocenters. The lowest BCUT2D eigenvalue weighted by Crippen LogP contribution is -2.54. The standard InChI is InChI=1S/C17H27N3O4/c1-5-11-20(14-9-10-18-24-14)15(21)13-8-6-7-12-19(13)16(22)23-17(2,3)4/h9-10,13H,5-8,11-12H2,1-4H3. The molecule has 1 saturated heterocycles. The molecule has 0 spiro atoms. The van der Waals surface area contributed by atoms with Gasteiger partial charge in [-0.05, 0) is 46.5 Å². The number of likely N-dealkylation sites (tertiary alicyclic amines) is 1. The summed E-state index contributed by atoms with van der Waals surface area (Å²) in [7, 11) is 0. The minimum absolute atomic E-state index is 0.140. The highest BCUT2D eigenvalue weighted by molar-refractivity contribution is 5.97. The van der Waals surface area contributed by atoms with Gasteiger partial charge in [-0.2, -0.15) is 0 Å². The van der Waals surface area contributed by atoms with Crippen LogP contribution in [0.25, 0.3) is 0 Å². The Morgan fingerprint density at radius 2 is 2.17 bits per heavy atom. The Morgan fingerprint density at radius 1 is 1.42 bits per heavy atom. The van der Waals surface area contributed by atoms with Crippen molar-refractivity contribution < 1.29 is 18.8 Å². The number of nitrogens with zero attached hydrogens (tertiary/aromatic N) is 3. The Labute approximate surface area is 142 Å². The predicted molar refractivity (Wildman–Crippen MR) is 89.7 cm³/mol. The van der Waals surface area contributed by atoms with Crippen LogP contribution in [0.15, 0.2) is 16.8 Å². The van der Waals surface area contributed by atoms with E-state index >= 15 is 0 Å². The highest BCUT2D eigenvalue weighted by Gasteiger charge is 2.37. The first-order valence-electron chi connectivity index (χ1n) is 8.55. The molecular weight excluding hydrogens is 310 g/mol. The van der Waals surface area contributed by atoms with Gasteiger partial charge in [0.1, 0.15) is 11.6 Å². The van der Waals surface area contributed by atoms with Crippen LogP contribution in [-0.4, -0.2) is 46.8 Å². The molecule has 1 fully saturated rings. The molecule has 7 heteroatoms. The molecule has 7 nitrogen and oxygen atoms in total. The van der Waals surface area contributed by atoms with Crippen LogP contribution in [0.5, 0.6) is 0 Å². The van der Waals surface area contributed by atoms with Gasteiger partial charge in [-0.3, -0.25) is 14.6 Å². The lowest BCUT2D eigenvalue weighted by Gasteiger charge is -2.37. The molecule has 134 valence electrons. The zero-order valence-electron chi connectivity index (χ0n) is 14.9. The molecule has 1 unspecified atom stereocenters. The van der Waals surface area contributed by atoms with Crippen molar-refractivity contribution >= 4 is 17.9 Å². The van der Waals surface area contributed by atoms with Crippen molar-refractivity contribution in [2.24, 2.45) is 0 Å². The van der Waals surface area contributed by atoms with E-state index in [1.165, 1.54) is 6.20 Å². The van der Waals surface area contributed by atoms with E-state index < -0.39 is 17.7 Å². The molecule has 2 rings (SSSR count). The zero-order valence-corrected chi connectivity index (χ0v) is 14.9. The number of carbonyl (C=O) groups excluding carboxylic acids is 2. The maximum absolute atomic E-state index is 13.1.